The van der Waals surface area contributed by atoms with Crippen LogP contribution in [0.4, 0.5) is 0 Å². The summed E-state index contributed by atoms with van der Waals surface area (Å²) < 4.78 is 0. The molecule has 1 unspecified atom stereocenters. The molecule has 2 aliphatic rings. The third kappa shape index (κ3) is 1.85. The minimum absolute atomic E-state index is 0.0697. The van der Waals surface area contributed by atoms with Gasteiger partial charge >= 0.3 is 0 Å². The Labute approximate surface area is 108 Å². The van der Waals surface area contributed by atoms with Crippen molar-refractivity contribution in [3.05, 3.63) is 0 Å². The summed E-state index contributed by atoms with van der Waals surface area (Å²) in [6, 6.07) is 0.330. The number of amides is 1. The maximum absolute atomic E-state index is 12.7. The van der Waals surface area contributed by atoms with Gasteiger partial charge < -0.3 is 15.8 Å². The average molecular weight is 253 g/mol. The molecule has 1 amide bonds. The van der Waals surface area contributed by atoms with Crippen molar-refractivity contribution in [2.75, 3.05) is 6.54 Å². The maximum atomic E-state index is 12.7. The van der Waals surface area contributed by atoms with Crippen LogP contribution in [0.1, 0.15) is 46.0 Å². The predicted molar refractivity (Wildman–Crippen MR) is 69.3 cm³/mol. The molecule has 2 rings (SSSR count). The van der Waals surface area contributed by atoms with Gasteiger partial charge in [0, 0.05) is 12.6 Å². The van der Waals surface area contributed by atoms with Crippen molar-refractivity contribution < 1.29 is 10.0 Å². The molecule has 0 radical (unpaired) electrons. The van der Waals surface area contributed by atoms with E-state index in [-0.39, 0.29) is 11.7 Å². The minimum atomic E-state index is -0.730. The van der Waals surface area contributed by atoms with Gasteiger partial charge in [-0.25, -0.2) is 0 Å². The summed E-state index contributed by atoms with van der Waals surface area (Å²) in [5, 5.41) is 12.0. The quantitative estimate of drug-likeness (QED) is 0.346. The second kappa shape index (κ2) is 4.78. The molecule has 3 N–H and O–H groups in total. The topological polar surface area (TPSA) is 78.9 Å². The van der Waals surface area contributed by atoms with E-state index in [2.05, 4.69) is 19.0 Å². The Morgan fingerprint density at radius 2 is 2.22 bits per heavy atom. The average Bonchev–Trinajstić information content (AvgIpc) is 2.80. The largest absolute Gasteiger partial charge is 0.409 e. The smallest absolute Gasteiger partial charge is 0.236 e. The molecule has 0 aromatic carbocycles. The number of rotatable bonds is 3. The lowest BCUT2D eigenvalue weighted by Gasteiger charge is -2.46. The fraction of sp³-hybridized carbons (Fsp3) is 0.846. The number of oxime groups is 1. The zero-order valence-corrected chi connectivity index (χ0v) is 11.2. The highest BCUT2D eigenvalue weighted by Crippen LogP contribution is 2.48. The molecule has 1 saturated carbocycles. The minimum Gasteiger partial charge on any atom is -0.409 e. The molecule has 18 heavy (non-hydrogen) atoms. The van der Waals surface area contributed by atoms with Crippen LogP contribution in [0.3, 0.4) is 0 Å². The molecule has 2 fully saturated rings. The fourth-order valence-electron chi connectivity index (χ4n) is 3.52. The second-order valence-corrected chi connectivity index (χ2v) is 5.78. The molecule has 1 aliphatic heterocycles. The monoisotopic (exact) mass is 253 g/mol. The molecule has 1 heterocycles. The lowest BCUT2D eigenvalue weighted by Crippen LogP contribution is -2.58. The first kappa shape index (κ1) is 13.2. The molecule has 5 heteroatoms. The maximum Gasteiger partial charge on any atom is 0.236 e. The van der Waals surface area contributed by atoms with Crippen LogP contribution >= 0.6 is 0 Å². The zero-order chi connectivity index (χ0) is 13.3. The Morgan fingerprint density at radius 3 is 2.72 bits per heavy atom. The molecule has 0 aromatic rings. The Kier molecular flexibility index (Phi) is 3.50. The van der Waals surface area contributed by atoms with E-state index in [9.17, 15) is 4.79 Å². The van der Waals surface area contributed by atoms with Crippen LogP contribution in [0.2, 0.25) is 0 Å². The van der Waals surface area contributed by atoms with Crippen LogP contribution in [0.25, 0.3) is 0 Å². The summed E-state index contributed by atoms with van der Waals surface area (Å²) in [7, 11) is 0. The number of carbonyl (C=O) groups excluding carboxylic acids is 1. The molecule has 1 atom stereocenters. The molecule has 0 aromatic heterocycles. The van der Waals surface area contributed by atoms with E-state index < -0.39 is 5.41 Å². The van der Waals surface area contributed by atoms with Crippen molar-refractivity contribution in [3.8, 4) is 0 Å². The van der Waals surface area contributed by atoms with E-state index >= 15 is 0 Å². The Morgan fingerprint density at radius 1 is 1.56 bits per heavy atom. The van der Waals surface area contributed by atoms with Gasteiger partial charge in [-0.1, -0.05) is 19.0 Å². The Hall–Kier alpha value is -1.26. The molecular formula is C13H23N3O2. The highest BCUT2D eigenvalue weighted by Gasteiger charge is 2.54. The van der Waals surface area contributed by atoms with E-state index in [0.717, 1.165) is 25.8 Å². The van der Waals surface area contributed by atoms with Crippen LogP contribution in [0.5, 0.6) is 0 Å². The van der Waals surface area contributed by atoms with Crippen LogP contribution < -0.4 is 5.73 Å². The predicted octanol–water partition coefficient (Wildman–Crippen LogP) is 1.55. The first-order valence-electron chi connectivity index (χ1n) is 6.84. The van der Waals surface area contributed by atoms with Crippen LogP contribution in [-0.4, -0.2) is 34.4 Å². The third-order valence-electron chi connectivity index (χ3n) is 4.51. The van der Waals surface area contributed by atoms with E-state index in [1.165, 1.54) is 0 Å². The van der Waals surface area contributed by atoms with Gasteiger partial charge in [0.15, 0.2) is 5.84 Å². The van der Waals surface area contributed by atoms with Crippen molar-refractivity contribution in [2.24, 2.45) is 22.2 Å². The van der Waals surface area contributed by atoms with Crippen molar-refractivity contribution in [1.29, 1.82) is 0 Å². The summed E-state index contributed by atoms with van der Waals surface area (Å²) in [5.74, 6) is 0.629. The molecule has 0 bridgehead atoms. The SMILES string of the molecule is CCC1CCCN1C(=O)C1(C(N)=NO)CC(C)C1. The summed E-state index contributed by atoms with van der Waals surface area (Å²) in [5.41, 5.74) is 5.05. The van der Waals surface area contributed by atoms with Crippen molar-refractivity contribution >= 4 is 11.7 Å². The molecule has 1 saturated heterocycles. The second-order valence-electron chi connectivity index (χ2n) is 5.78. The standard InChI is InChI=1S/C13H23N3O2/c1-3-10-5-4-6-16(10)12(17)13(11(14)15-18)7-9(2)8-13/h9-10,18H,3-8H2,1-2H3,(H2,14,15). The summed E-state index contributed by atoms with van der Waals surface area (Å²) in [4.78, 5) is 14.7. The van der Waals surface area contributed by atoms with E-state index in [4.69, 9.17) is 10.9 Å². The first-order valence-corrected chi connectivity index (χ1v) is 6.84. The highest BCUT2D eigenvalue weighted by atomic mass is 16.4. The van der Waals surface area contributed by atoms with Gasteiger partial charge in [-0.15, -0.1) is 0 Å². The van der Waals surface area contributed by atoms with Crippen LogP contribution in [-0.2, 0) is 4.79 Å². The van der Waals surface area contributed by atoms with E-state index in [1.54, 1.807) is 0 Å². The number of carbonyl (C=O) groups is 1. The van der Waals surface area contributed by atoms with Crippen LogP contribution in [0.15, 0.2) is 5.16 Å². The van der Waals surface area contributed by atoms with Crippen molar-refractivity contribution in [3.63, 3.8) is 0 Å². The summed E-state index contributed by atoms with van der Waals surface area (Å²) in [6.07, 6.45) is 4.52. The molecule has 0 spiro atoms. The van der Waals surface area contributed by atoms with Crippen LogP contribution in [0, 0.1) is 11.3 Å². The molecule has 1 aliphatic carbocycles. The molecule has 5 nitrogen and oxygen atoms in total. The molecular weight excluding hydrogens is 230 g/mol. The highest BCUT2D eigenvalue weighted by molar-refractivity contribution is 6.07. The van der Waals surface area contributed by atoms with Gasteiger partial charge in [0.2, 0.25) is 5.91 Å². The lowest BCUT2D eigenvalue weighted by atomic mass is 9.61. The Bertz CT molecular complexity index is 361. The van der Waals surface area contributed by atoms with Gasteiger partial charge in [-0.2, -0.15) is 0 Å². The summed E-state index contributed by atoms with van der Waals surface area (Å²) in [6.45, 7) is 5.01. The first-order chi connectivity index (χ1) is 8.55. The number of hydrogen-bond acceptors (Lipinski definition) is 3. The number of likely N-dealkylation sites (tertiary alicyclic amines) is 1. The van der Waals surface area contributed by atoms with Gasteiger partial charge in [0.25, 0.3) is 0 Å². The third-order valence-corrected chi connectivity index (χ3v) is 4.51. The van der Waals surface area contributed by atoms with Gasteiger partial charge in [-0.3, -0.25) is 4.79 Å². The van der Waals surface area contributed by atoms with E-state index in [0.29, 0.717) is 24.8 Å². The number of amidine groups is 1. The number of nitrogens with two attached hydrogens (primary N) is 1. The normalized spacial score (nSPS) is 36.6. The number of hydrogen-bond donors (Lipinski definition) is 2. The lowest BCUT2D eigenvalue weighted by molar-refractivity contribution is -0.145. The zero-order valence-electron chi connectivity index (χ0n) is 11.2. The van der Waals surface area contributed by atoms with Gasteiger partial charge in [0.05, 0.1) is 0 Å². The molecule has 102 valence electrons. The Balaban J connectivity index is 2.20. The fourth-order valence-corrected chi connectivity index (χ4v) is 3.52. The van der Waals surface area contributed by atoms with Gasteiger partial charge in [0.1, 0.15) is 5.41 Å². The van der Waals surface area contributed by atoms with Crippen molar-refractivity contribution in [1.82, 2.24) is 4.90 Å². The van der Waals surface area contributed by atoms with E-state index in [1.807, 2.05) is 4.90 Å². The summed E-state index contributed by atoms with van der Waals surface area (Å²) >= 11 is 0. The van der Waals surface area contributed by atoms with Crippen molar-refractivity contribution in [2.45, 2.75) is 52.0 Å². The van der Waals surface area contributed by atoms with Gasteiger partial charge in [-0.05, 0) is 38.0 Å². The number of nitrogens with zero attached hydrogens (tertiary/aromatic N) is 2.